The van der Waals surface area contributed by atoms with Gasteiger partial charge in [-0.05, 0) is 36.1 Å². The molecular formula is C24H28N6O4. The van der Waals surface area contributed by atoms with Crippen LogP contribution in [0.2, 0.25) is 0 Å². The molecule has 1 heterocycles. The highest BCUT2D eigenvalue weighted by Gasteiger charge is 2.19. The molecule has 1 amide bonds. The van der Waals surface area contributed by atoms with Gasteiger partial charge in [0.15, 0.2) is 0 Å². The van der Waals surface area contributed by atoms with Gasteiger partial charge in [-0.25, -0.2) is 19.6 Å². The molecule has 0 fully saturated rings. The maximum Gasteiger partial charge on any atom is 0.414 e. The molecule has 0 saturated carbocycles. The number of hydrogen-bond donors (Lipinski definition) is 3. The molecule has 0 aliphatic carbocycles. The fourth-order valence-electron chi connectivity index (χ4n) is 3.07. The number of aromatic nitrogens is 3. The van der Waals surface area contributed by atoms with Gasteiger partial charge in [0.1, 0.15) is 18.1 Å². The predicted octanol–water partition coefficient (Wildman–Crippen LogP) is 3.08. The predicted molar refractivity (Wildman–Crippen MR) is 128 cm³/mol. The molecular weight excluding hydrogens is 436 g/mol. The first-order valence-electron chi connectivity index (χ1n) is 10.8. The lowest BCUT2D eigenvalue weighted by atomic mass is 10.1. The van der Waals surface area contributed by atoms with E-state index in [1.54, 1.807) is 38.4 Å². The normalized spacial score (nSPS) is 11.4. The molecule has 10 nitrogen and oxygen atoms in total. The van der Waals surface area contributed by atoms with Gasteiger partial charge in [-0.3, -0.25) is 0 Å². The quantitative estimate of drug-likeness (QED) is 0.367. The average Bonchev–Trinajstić information content (AvgIpc) is 2.83. The van der Waals surface area contributed by atoms with Crippen LogP contribution in [0, 0.1) is 0 Å². The fraction of sp³-hybridized carbons (Fsp3) is 0.292. The highest BCUT2D eigenvalue weighted by atomic mass is 16.6. The van der Waals surface area contributed by atoms with Gasteiger partial charge in [-0.1, -0.05) is 42.5 Å². The van der Waals surface area contributed by atoms with Crippen LogP contribution < -0.4 is 15.4 Å². The van der Waals surface area contributed by atoms with Crippen LogP contribution >= 0.6 is 0 Å². The van der Waals surface area contributed by atoms with Crippen molar-refractivity contribution in [3.8, 4) is 5.75 Å². The van der Waals surface area contributed by atoms with E-state index in [4.69, 9.17) is 4.74 Å². The zero-order valence-electron chi connectivity index (χ0n) is 19.1. The molecule has 0 aliphatic rings. The lowest BCUT2D eigenvalue weighted by Crippen LogP contribution is -2.32. The number of ether oxygens (including phenoxy) is 1. The number of anilines is 2. The summed E-state index contributed by atoms with van der Waals surface area (Å²) in [5, 5.41) is 15.7. The minimum atomic E-state index is -1.04. The lowest BCUT2D eigenvalue weighted by Gasteiger charge is -2.15. The molecule has 0 radical (unpaired) electrons. The van der Waals surface area contributed by atoms with Crippen molar-refractivity contribution in [1.82, 2.24) is 19.9 Å². The molecule has 0 bridgehead atoms. The molecule has 178 valence electrons. The summed E-state index contributed by atoms with van der Waals surface area (Å²) in [6.45, 7) is 0.672. The van der Waals surface area contributed by atoms with Gasteiger partial charge >= 0.3 is 12.1 Å². The zero-order valence-corrected chi connectivity index (χ0v) is 19.1. The Morgan fingerprint density at radius 2 is 1.71 bits per heavy atom. The Balaban J connectivity index is 1.53. The van der Waals surface area contributed by atoms with E-state index >= 15 is 0 Å². The molecule has 1 atom stereocenters. The van der Waals surface area contributed by atoms with Crippen molar-refractivity contribution < 1.29 is 19.4 Å². The Labute approximate surface area is 198 Å². The van der Waals surface area contributed by atoms with Gasteiger partial charge in [-0.2, -0.15) is 4.98 Å². The van der Waals surface area contributed by atoms with Crippen LogP contribution in [0.25, 0.3) is 0 Å². The first-order chi connectivity index (χ1) is 16.4. The highest BCUT2D eigenvalue weighted by molar-refractivity contribution is 5.77. The lowest BCUT2D eigenvalue weighted by molar-refractivity contribution is -0.137. The molecule has 2 aromatic carbocycles. The van der Waals surface area contributed by atoms with Crippen LogP contribution in [0.4, 0.5) is 16.7 Å². The topological polar surface area (TPSA) is 130 Å². The van der Waals surface area contributed by atoms with Crippen molar-refractivity contribution in [3.05, 3.63) is 72.1 Å². The van der Waals surface area contributed by atoms with Crippen molar-refractivity contribution in [2.45, 2.75) is 25.3 Å². The van der Waals surface area contributed by atoms with E-state index in [9.17, 15) is 14.7 Å². The minimum absolute atomic E-state index is 0.171. The van der Waals surface area contributed by atoms with Crippen LogP contribution in [0.3, 0.4) is 0 Å². The van der Waals surface area contributed by atoms with E-state index in [1.807, 2.05) is 18.2 Å². The Morgan fingerprint density at radius 3 is 2.38 bits per heavy atom. The maximum atomic E-state index is 11.8. The Kier molecular flexibility index (Phi) is 8.73. The Morgan fingerprint density at radius 1 is 1.00 bits per heavy atom. The van der Waals surface area contributed by atoms with E-state index in [0.29, 0.717) is 18.2 Å². The number of amides is 1. The number of carbonyl (C=O) groups is 2. The fourth-order valence-corrected chi connectivity index (χ4v) is 3.07. The summed E-state index contributed by atoms with van der Waals surface area (Å²) >= 11 is 0. The number of carbonyl (C=O) groups excluding carboxylic acids is 1. The Hall–Kier alpha value is -4.21. The van der Waals surface area contributed by atoms with Crippen molar-refractivity contribution in [2.24, 2.45) is 0 Å². The number of aliphatic carboxylic acids is 1. The summed E-state index contributed by atoms with van der Waals surface area (Å²) in [4.78, 5) is 37.2. The van der Waals surface area contributed by atoms with Gasteiger partial charge in [0.25, 0.3) is 0 Å². The van der Waals surface area contributed by atoms with E-state index in [0.717, 1.165) is 18.4 Å². The van der Waals surface area contributed by atoms with Crippen LogP contribution in [0.15, 0.2) is 60.9 Å². The first-order valence-corrected chi connectivity index (χ1v) is 10.8. The van der Waals surface area contributed by atoms with Crippen molar-refractivity contribution in [2.75, 3.05) is 31.3 Å². The number of hydrogen-bond acceptors (Lipinski definition) is 8. The number of nitrogens with one attached hydrogen (secondary N) is 2. The Bertz CT molecular complexity index is 1080. The number of rotatable bonds is 11. The first kappa shape index (κ1) is 24.4. The molecule has 10 heteroatoms. The molecule has 34 heavy (non-hydrogen) atoms. The summed E-state index contributed by atoms with van der Waals surface area (Å²) in [7, 11) is 3.18. The number of carboxylic acids is 1. The van der Waals surface area contributed by atoms with E-state index in [2.05, 4.69) is 37.7 Å². The average molecular weight is 465 g/mol. The van der Waals surface area contributed by atoms with Crippen LogP contribution in [-0.2, 0) is 17.6 Å². The standard InChI is InChI=1S/C24H28N6O4/c1-30(2)24(33)34-19-12-10-18(11-13-19)15-20(21(31)32)28-23-27-16-26-22(29-23)25-14-6-9-17-7-4-3-5-8-17/h3-5,7-8,10-13,16,20H,6,9,14-15H2,1-2H3,(H,31,32)(H2,25,26,27,28,29)/t20-/m0/s1. The maximum absolute atomic E-state index is 11.8. The molecule has 1 aromatic heterocycles. The third kappa shape index (κ3) is 7.73. The molecule has 0 unspecified atom stereocenters. The second-order valence-electron chi connectivity index (χ2n) is 7.79. The van der Waals surface area contributed by atoms with Gasteiger partial charge < -0.3 is 25.4 Å². The van der Waals surface area contributed by atoms with Crippen LogP contribution in [-0.4, -0.2) is 63.7 Å². The molecule has 3 rings (SSSR count). The smallest absolute Gasteiger partial charge is 0.414 e. The van der Waals surface area contributed by atoms with Crippen molar-refractivity contribution in [1.29, 1.82) is 0 Å². The number of aryl methyl sites for hydroxylation is 1. The number of nitrogens with zero attached hydrogens (tertiary/aromatic N) is 4. The molecule has 3 N–H and O–H groups in total. The third-order valence-corrected chi connectivity index (χ3v) is 4.87. The summed E-state index contributed by atoms with van der Waals surface area (Å²) in [5.41, 5.74) is 2.01. The second-order valence-corrected chi connectivity index (χ2v) is 7.79. The largest absolute Gasteiger partial charge is 0.480 e. The minimum Gasteiger partial charge on any atom is -0.480 e. The van der Waals surface area contributed by atoms with Gasteiger partial charge in [-0.15, -0.1) is 0 Å². The molecule has 0 aliphatic heterocycles. The van der Waals surface area contributed by atoms with Crippen molar-refractivity contribution in [3.63, 3.8) is 0 Å². The summed E-state index contributed by atoms with van der Waals surface area (Å²) < 4.78 is 5.18. The zero-order chi connectivity index (χ0) is 24.3. The summed E-state index contributed by atoms with van der Waals surface area (Å²) in [5.74, 6) is -0.116. The van der Waals surface area contributed by atoms with Gasteiger partial charge in [0.05, 0.1) is 0 Å². The van der Waals surface area contributed by atoms with Crippen LogP contribution in [0.1, 0.15) is 17.5 Å². The van der Waals surface area contributed by atoms with Crippen molar-refractivity contribution >= 4 is 24.0 Å². The third-order valence-electron chi connectivity index (χ3n) is 4.87. The number of benzene rings is 2. The summed E-state index contributed by atoms with van der Waals surface area (Å²) in [6, 6.07) is 15.9. The van der Waals surface area contributed by atoms with Crippen LogP contribution in [0.5, 0.6) is 5.75 Å². The summed E-state index contributed by atoms with van der Waals surface area (Å²) in [6.07, 6.45) is 2.86. The highest BCUT2D eigenvalue weighted by Crippen LogP contribution is 2.16. The SMILES string of the molecule is CN(C)C(=O)Oc1ccc(C[C@H](Nc2ncnc(NCCCc3ccccc3)n2)C(=O)O)cc1. The van der Waals surface area contributed by atoms with E-state index in [1.165, 1.54) is 16.8 Å². The van der Waals surface area contributed by atoms with E-state index < -0.39 is 18.1 Å². The van der Waals surface area contributed by atoms with Gasteiger partial charge in [0, 0.05) is 27.1 Å². The second kappa shape index (κ2) is 12.1. The number of carboxylic acid groups (broad SMARTS) is 1. The molecule has 0 saturated heterocycles. The monoisotopic (exact) mass is 464 g/mol. The van der Waals surface area contributed by atoms with E-state index in [-0.39, 0.29) is 12.4 Å². The molecule has 0 spiro atoms. The van der Waals surface area contributed by atoms with Gasteiger partial charge in [0.2, 0.25) is 11.9 Å². The molecule has 3 aromatic rings.